The van der Waals surface area contributed by atoms with Crippen molar-refractivity contribution in [3.05, 3.63) is 0 Å². The van der Waals surface area contributed by atoms with Crippen LogP contribution in [0.15, 0.2) is 0 Å². The molecule has 1 saturated heterocycles. The molecule has 0 spiro atoms. The van der Waals surface area contributed by atoms with Crippen LogP contribution in [0.25, 0.3) is 0 Å². The summed E-state index contributed by atoms with van der Waals surface area (Å²) in [6, 6.07) is 0. The predicted octanol–water partition coefficient (Wildman–Crippen LogP) is 2.33. The van der Waals surface area contributed by atoms with Crippen LogP contribution in [0.5, 0.6) is 0 Å². The molecule has 1 heterocycles. The standard InChI is InChI=1S/C12H22O3/c1-10(2)15-9-11(13)5-3-6-12-7-4-8-14-12/h10,12H,3-9H2,1-2H3. The molecule has 0 aromatic carbocycles. The molecule has 0 saturated carbocycles. The van der Waals surface area contributed by atoms with Crippen molar-refractivity contribution in [2.45, 2.75) is 58.2 Å². The maximum absolute atomic E-state index is 11.4. The van der Waals surface area contributed by atoms with Gasteiger partial charge in [-0.05, 0) is 39.5 Å². The fraction of sp³-hybridized carbons (Fsp3) is 0.917. The van der Waals surface area contributed by atoms with Crippen molar-refractivity contribution >= 4 is 5.78 Å². The van der Waals surface area contributed by atoms with Gasteiger partial charge in [0.1, 0.15) is 6.61 Å². The van der Waals surface area contributed by atoms with E-state index in [2.05, 4.69) is 0 Å². The zero-order valence-corrected chi connectivity index (χ0v) is 9.83. The maximum atomic E-state index is 11.4. The van der Waals surface area contributed by atoms with Crippen molar-refractivity contribution in [3.63, 3.8) is 0 Å². The second-order valence-electron chi connectivity index (χ2n) is 4.43. The van der Waals surface area contributed by atoms with E-state index in [9.17, 15) is 4.79 Å². The first-order chi connectivity index (χ1) is 7.18. The molecule has 0 aliphatic carbocycles. The maximum Gasteiger partial charge on any atom is 0.158 e. The van der Waals surface area contributed by atoms with Gasteiger partial charge in [0.25, 0.3) is 0 Å². The summed E-state index contributed by atoms with van der Waals surface area (Å²) in [5.74, 6) is 0.210. The minimum Gasteiger partial charge on any atom is -0.378 e. The van der Waals surface area contributed by atoms with Crippen LogP contribution in [0.2, 0.25) is 0 Å². The number of Topliss-reactive ketones (excluding diaryl/α,β-unsaturated/α-hetero) is 1. The van der Waals surface area contributed by atoms with Crippen molar-refractivity contribution in [1.82, 2.24) is 0 Å². The van der Waals surface area contributed by atoms with Crippen LogP contribution < -0.4 is 0 Å². The van der Waals surface area contributed by atoms with Crippen LogP contribution in [0, 0.1) is 0 Å². The minimum atomic E-state index is 0.145. The largest absolute Gasteiger partial charge is 0.378 e. The molecule has 0 aromatic rings. The lowest BCUT2D eigenvalue weighted by atomic mass is 10.1. The summed E-state index contributed by atoms with van der Waals surface area (Å²) >= 11 is 0. The van der Waals surface area contributed by atoms with E-state index in [1.54, 1.807) is 0 Å². The van der Waals surface area contributed by atoms with Crippen molar-refractivity contribution in [1.29, 1.82) is 0 Å². The van der Waals surface area contributed by atoms with E-state index in [-0.39, 0.29) is 18.5 Å². The van der Waals surface area contributed by atoms with E-state index in [1.807, 2.05) is 13.8 Å². The minimum absolute atomic E-state index is 0.145. The second kappa shape index (κ2) is 6.96. The Balaban J connectivity index is 1.96. The summed E-state index contributed by atoms with van der Waals surface area (Å²) in [6.45, 7) is 5.05. The van der Waals surface area contributed by atoms with E-state index in [4.69, 9.17) is 9.47 Å². The van der Waals surface area contributed by atoms with Crippen LogP contribution in [0.3, 0.4) is 0 Å². The second-order valence-corrected chi connectivity index (χ2v) is 4.43. The van der Waals surface area contributed by atoms with Crippen molar-refractivity contribution in [3.8, 4) is 0 Å². The van der Waals surface area contributed by atoms with E-state index < -0.39 is 0 Å². The van der Waals surface area contributed by atoms with Gasteiger partial charge in [-0.15, -0.1) is 0 Å². The predicted molar refractivity (Wildman–Crippen MR) is 58.9 cm³/mol. The Kier molecular flexibility index (Phi) is 5.88. The molecule has 3 nitrogen and oxygen atoms in total. The fourth-order valence-electron chi connectivity index (χ4n) is 1.73. The van der Waals surface area contributed by atoms with Crippen molar-refractivity contribution in [2.75, 3.05) is 13.2 Å². The van der Waals surface area contributed by atoms with Gasteiger partial charge in [-0.2, -0.15) is 0 Å². The number of hydrogen-bond acceptors (Lipinski definition) is 3. The van der Waals surface area contributed by atoms with E-state index in [1.165, 1.54) is 6.42 Å². The third kappa shape index (κ3) is 5.90. The third-order valence-corrected chi connectivity index (χ3v) is 2.58. The Morgan fingerprint density at radius 1 is 1.53 bits per heavy atom. The number of carbonyl (C=O) groups is 1. The first-order valence-corrected chi connectivity index (χ1v) is 5.93. The van der Waals surface area contributed by atoms with Gasteiger partial charge in [-0.25, -0.2) is 0 Å². The molecule has 0 aromatic heterocycles. The van der Waals surface area contributed by atoms with Crippen LogP contribution in [-0.2, 0) is 14.3 Å². The highest BCUT2D eigenvalue weighted by Gasteiger charge is 2.15. The molecule has 1 rings (SSSR count). The molecule has 1 aliphatic rings. The smallest absolute Gasteiger partial charge is 0.158 e. The Morgan fingerprint density at radius 2 is 2.33 bits per heavy atom. The molecule has 1 fully saturated rings. The number of rotatable bonds is 7. The monoisotopic (exact) mass is 214 g/mol. The molecule has 0 radical (unpaired) electrons. The van der Waals surface area contributed by atoms with Gasteiger partial charge in [0.15, 0.2) is 5.78 Å². The molecular weight excluding hydrogens is 192 g/mol. The molecule has 1 unspecified atom stereocenters. The first kappa shape index (κ1) is 12.7. The van der Waals surface area contributed by atoms with Crippen LogP contribution >= 0.6 is 0 Å². The van der Waals surface area contributed by atoms with Crippen LogP contribution in [0.1, 0.15) is 46.0 Å². The Labute approximate surface area is 92.1 Å². The van der Waals surface area contributed by atoms with Crippen molar-refractivity contribution < 1.29 is 14.3 Å². The van der Waals surface area contributed by atoms with Gasteiger partial charge >= 0.3 is 0 Å². The molecule has 0 bridgehead atoms. The summed E-state index contributed by atoms with van der Waals surface area (Å²) in [4.78, 5) is 11.4. The van der Waals surface area contributed by atoms with E-state index >= 15 is 0 Å². The lowest BCUT2D eigenvalue weighted by Crippen LogP contribution is -2.14. The van der Waals surface area contributed by atoms with Crippen molar-refractivity contribution in [2.24, 2.45) is 0 Å². The fourth-order valence-corrected chi connectivity index (χ4v) is 1.73. The highest BCUT2D eigenvalue weighted by atomic mass is 16.5. The molecule has 1 atom stereocenters. The third-order valence-electron chi connectivity index (χ3n) is 2.58. The number of ketones is 1. The van der Waals surface area contributed by atoms with Gasteiger partial charge in [-0.3, -0.25) is 4.79 Å². The molecular formula is C12H22O3. The molecule has 0 N–H and O–H groups in total. The zero-order valence-electron chi connectivity index (χ0n) is 9.83. The molecule has 88 valence electrons. The van der Waals surface area contributed by atoms with Gasteiger partial charge < -0.3 is 9.47 Å². The lowest BCUT2D eigenvalue weighted by molar-refractivity contribution is -0.125. The molecule has 3 heteroatoms. The number of hydrogen-bond donors (Lipinski definition) is 0. The van der Waals surface area contributed by atoms with Crippen LogP contribution in [-0.4, -0.2) is 31.2 Å². The van der Waals surface area contributed by atoms with Gasteiger partial charge in [-0.1, -0.05) is 0 Å². The Bertz CT molecular complexity index is 183. The normalized spacial score (nSPS) is 21.1. The van der Waals surface area contributed by atoms with E-state index in [0.717, 1.165) is 25.9 Å². The SMILES string of the molecule is CC(C)OCC(=O)CCCC1CCCO1. The summed E-state index contributed by atoms with van der Waals surface area (Å²) in [5.41, 5.74) is 0. The number of carbonyl (C=O) groups excluding carboxylic acids is 1. The Hall–Kier alpha value is -0.410. The van der Waals surface area contributed by atoms with Crippen LogP contribution in [0.4, 0.5) is 0 Å². The lowest BCUT2D eigenvalue weighted by Gasteiger charge is -2.09. The van der Waals surface area contributed by atoms with Gasteiger partial charge in [0.2, 0.25) is 0 Å². The zero-order chi connectivity index (χ0) is 11.1. The molecule has 0 amide bonds. The van der Waals surface area contributed by atoms with E-state index in [0.29, 0.717) is 12.5 Å². The first-order valence-electron chi connectivity index (χ1n) is 5.93. The quantitative estimate of drug-likeness (QED) is 0.652. The summed E-state index contributed by atoms with van der Waals surface area (Å²) < 4.78 is 10.7. The highest BCUT2D eigenvalue weighted by Crippen LogP contribution is 2.17. The van der Waals surface area contributed by atoms with Gasteiger partial charge in [0.05, 0.1) is 12.2 Å². The highest BCUT2D eigenvalue weighted by molar-refractivity contribution is 5.79. The summed E-state index contributed by atoms with van der Waals surface area (Å²) in [5, 5.41) is 0. The molecule has 1 aliphatic heterocycles. The number of ether oxygens (including phenoxy) is 2. The summed E-state index contributed by atoms with van der Waals surface area (Å²) in [6.07, 6.45) is 5.48. The Morgan fingerprint density at radius 3 is 2.93 bits per heavy atom. The topological polar surface area (TPSA) is 35.5 Å². The summed E-state index contributed by atoms with van der Waals surface area (Å²) in [7, 11) is 0. The average Bonchev–Trinajstić information content (AvgIpc) is 2.67. The van der Waals surface area contributed by atoms with Gasteiger partial charge in [0, 0.05) is 13.0 Å². The average molecular weight is 214 g/mol. The molecule has 15 heavy (non-hydrogen) atoms.